The fourth-order valence-corrected chi connectivity index (χ4v) is 2.66. The fourth-order valence-electron chi connectivity index (χ4n) is 1.69. The molecule has 4 heteroatoms. The average Bonchev–Trinajstić information content (AvgIpc) is 2.73. The predicted molar refractivity (Wildman–Crippen MR) is 69.2 cm³/mol. The van der Waals surface area contributed by atoms with E-state index in [9.17, 15) is 0 Å². The van der Waals surface area contributed by atoms with Gasteiger partial charge < -0.3 is 0 Å². The van der Waals surface area contributed by atoms with Crippen LogP contribution >= 0.6 is 11.8 Å². The molecule has 1 aromatic carbocycles. The van der Waals surface area contributed by atoms with Crippen LogP contribution in [0.5, 0.6) is 0 Å². The van der Waals surface area contributed by atoms with Crippen LogP contribution in [0.2, 0.25) is 0 Å². The van der Waals surface area contributed by atoms with Crippen LogP contribution in [0.25, 0.3) is 11.0 Å². The zero-order valence-electron chi connectivity index (χ0n) is 9.34. The molecule has 0 spiro atoms. The van der Waals surface area contributed by atoms with Gasteiger partial charge in [0.25, 0.3) is 0 Å². The van der Waals surface area contributed by atoms with E-state index in [2.05, 4.69) is 46.4 Å². The van der Waals surface area contributed by atoms with Crippen molar-refractivity contribution >= 4 is 22.8 Å². The number of aromatic amines is 1. The molecule has 2 aromatic heterocycles. The van der Waals surface area contributed by atoms with Gasteiger partial charge in [0, 0.05) is 11.1 Å². The van der Waals surface area contributed by atoms with E-state index in [1.165, 1.54) is 10.5 Å². The summed E-state index contributed by atoms with van der Waals surface area (Å²) in [6, 6.07) is 12.3. The van der Waals surface area contributed by atoms with Gasteiger partial charge in [-0.2, -0.15) is 5.10 Å². The Morgan fingerprint density at radius 1 is 1.18 bits per heavy atom. The highest BCUT2D eigenvalue weighted by Gasteiger charge is 2.07. The molecule has 0 radical (unpaired) electrons. The number of benzene rings is 1. The Morgan fingerprint density at radius 3 is 3.00 bits per heavy atom. The van der Waals surface area contributed by atoms with Crippen molar-refractivity contribution in [1.29, 1.82) is 0 Å². The Balaban J connectivity index is 2.00. The molecule has 1 N–H and O–H groups in total. The standard InChI is InChI=1S/C13H11N3S/c1-9-4-2-5-10(8-9)17-13-12-11(15-16-13)6-3-7-14-12/h2-8H,1H3,(H,15,16). The van der Waals surface area contributed by atoms with Crippen molar-refractivity contribution in [1.82, 2.24) is 15.2 Å². The molecule has 84 valence electrons. The molecule has 0 saturated carbocycles. The van der Waals surface area contributed by atoms with Gasteiger partial charge in [0.1, 0.15) is 10.5 Å². The summed E-state index contributed by atoms with van der Waals surface area (Å²) < 4.78 is 0. The van der Waals surface area contributed by atoms with E-state index in [1.807, 2.05) is 12.1 Å². The van der Waals surface area contributed by atoms with Crippen LogP contribution < -0.4 is 0 Å². The largest absolute Gasteiger partial charge is 0.275 e. The summed E-state index contributed by atoms with van der Waals surface area (Å²) in [4.78, 5) is 5.53. The molecule has 0 fully saturated rings. The van der Waals surface area contributed by atoms with Gasteiger partial charge in [-0.3, -0.25) is 10.1 Å². The summed E-state index contributed by atoms with van der Waals surface area (Å²) in [5.74, 6) is 0. The van der Waals surface area contributed by atoms with Crippen molar-refractivity contribution in [3.63, 3.8) is 0 Å². The fraction of sp³-hybridized carbons (Fsp3) is 0.0769. The molecular formula is C13H11N3S. The lowest BCUT2D eigenvalue weighted by molar-refractivity contribution is 1.02. The molecule has 0 aliphatic heterocycles. The summed E-state index contributed by atoms with van der Waals surface area (Å²) in [6.45, 7) is 2.09. The number of aryl methyl sites for hydroxylation is 1. The summed E-state index contributed by atoms with van der Waals surface area (Å²) in [5, 5.41) is 8.21. The minimum Gasteiger partial charge on any atom is -0.275 e. The summed E-state index contributed by atoms with van der Waals surface area (Å²) in [6.07, 6.45) is 1.79. The number of rotatable bonds is 2. The summed E-state index contributed by atoms with van der Waals surface area (Å²) in [5.41, 5.74) is 3.16. The van der Waals surface area contributed by atoms with E-state index in [0.29, 0.717) is 0 Å². The lowest BCUT2D eigenvalue weighted by Gasteiger charge is -1.99. The first-order valence-corrected chi connectivity index (χ1v) is 6.18. The summed E-state index contributed by atoms with van der Waals surface area (Å²) >= 11 is 1.63. The molecule has 17 heavy (non-hydrogen) atoms. The highest BCUT2D eigenvalue weighted by atomic mass is 32.2. The average molecular weight is 241 g/mol. The SMILES string of the molecule is Cc1cccc(Sc2n[nH]c3cccnc23)c1. The number of fused-ring (bicyclic) bond motifs is 1. The van der Waals surface area contributed by atoms with Crippen LogP contribution in [0, 0.1) is 6.92 Å². The van der Waals surface area contributed by atoms with Gasteiger partial charge in [0.15, 0.2) is 0 Å². The molecule has 0 aliphatic carbocycles. The lowest BCUT2D eigenvalue weighted by atomic mass is 10.2. The lowest BCUT2D eigenvalue weighted by Crippen LogP contribution is -1.78. The third kappa shape index (κ3) is 2.03. The Kier molecular flexibility index (Phi) is 2.57. The Labute approximate surface area is 103 Å². The van der Waals surface area contributed by atoms with Crippen molar-refractivity contribution in [3.05, 3.63) is 48.2 Å². The normalized spacial score (nSPS) is 10.9. The molecular weight excluding hydrogens is 230 g/mol. The van der Waals surface area contributed by atoms with E-state index < -0.39 is 0 Å². The maximum Gasteiger partial charge on any atom is 0.149 e. The van der Waals surface area contributed by atoms with Gasteiger partial charge in [-0.1, -0.05) is 29.5 Å². The van der Waals surface area contributed by atoms with Gasteiger partial charge in [-0.15, -0.1) is 0 Å². The second-order valence-corrected chi connectivity index (χ2v) is 4.91. The first-order valence-electron chi connectivity index (χ1n) is 5.36. The molecule has 3 aromatic rings. The molecule has 0 unspecified atom stereocenters. The maximum absolute atomic E-state index is 4.35. The molecule has 3 nitrogen and oxygen atoms in total. The number of nitrogens with one attached hydrogen (secondary N) is 1. The van der Waals surface area contributed by atoms with Crippen LogP contribution in [-0.4, -0.2) is 15.2 Å². The number of pyridine rings is 1. The van der Waals surface area contributed by atoms with Crippen LogP contribution in [-0.2, 0) is 0 Å². The van der Waals surface area contributed by atoms with Gasteiger partial charge in [0.2, 0.25) is 0 Å². The molecule has 0 saturated heterocycles. The topological polar surface area (TPSA) is 41.6 Å². The highest BCUT2D eigenvalue weighted by molar-refractivity contribution is 7.99. The summed E-state index contributed by atoms with van der Waals surface area (Å²) in [7, 11) is 0. The van der Waals surface area contributed by atoms with Crippen molar-refractivity contribution in [3.8, 4) is 0 Å². The molecule has 2 heterocycles. The maximum atomic E-state index is 4.35. The minimum atomic E-state index is 0.922. The van der Waals surface area contributed by atoms with E-state index in [0.717, 1.165) is 16.1 Å². The third-order valence-electron chi connectivity index (χ3n) is 2.49. The molecule has 0 amide bonds. The Bertz CT molecular complexity index is 660. The first kappa shape index (κ1) is 10.4. The highest BCUT2D eigenvalue weighted by Crippen LogP contribution is 2.30. The molecule has 3 rings (SSSR count). The third-order valence-corrected chi connectivity index (χ3v) is 3.46. The van der Waals surface area contributed by atoms with Gasteiger partial charge in [-0.05, 0) is 31.2 Å². The van der Waals surface area contributed by atoms with E-state index >= 15 is 0 Å². The van der Waals surface area contributed by atoms with Crippen LogP contribution in [0.3, 0.4) is 0 Å². The second-order valence-electron chi connectivity index (χ2n) is 3.85. The molecule has 0 aliphatic rings. The zero-order chi connectivity index (χ0) is 11.7. The van der Waals surface area contributed by atoms with Gasteiger partial charge in [-0.25, -0.2) is 0 Å². The van der Waals surface area contributed by atoms with E-state index in [1.54, 1.807) is 18.0 Å². The van der Waals surface area contributed by atoms with Gasteiger partial charge in [0.05, 0.1) is 5.52 Å². The van der Waals surface area contributed by atoms with Crippen LogP contribution in [0.15, 0.2) is 52.5 Å². The quantitative estimate of drug-likeness (QED) is 0.747. The first-order chi connectivity index (χ1) is 8.33. The zero-order valence-corrected chi connectivity index (χ0v) is 10.2. The van der Waals surface area contributed by atoms with E-state index in [-0.39, 0.29) is 0 Å². The number of H-pyrrole nitrogens is 1. The molecule has 0 atom stereocenters. The number of nitrogens with zero attached hydrogens (tertiary/aromatic N) is 2. The van der Waals surface area contributed by atoms with E-state index in [4.69, 9.17) is 0 Å². The van der Waals surface area contributed by atoms with Gasteiger partial charge >= 0.3 is 0 Å². The Morgan fingerprint density at radius 2 is 2.12 bits per heavy atom. The predicted octanol–water partition coefficient (Wildman–Crippen LogP) is 3.42. The van der Waals surface area contributed by atoms with Crippen molar-refractivity contribution in [2.24, 2.45) is 0 Å². The van der Waals surface area contributed by atoms with Crippen LogP contribution in [0.1, 0.15) is 5.56 Å². The number of aromatic nitrogens is 3. The molecule has 0 bridgehead atoms. The smallest absolute Gasteiger partial charge is 0.149 e. The van der Waals surface area contributed by atoms with Crippen molar-refractivity contribution in [2.75, 3.05) is 0 Å². The van der Waals surface area contributed by atoms with Crippen molar-refractivity contribution < 1.29 is 0 Å². The van der Waals surface area contributed by atoms with Crippen molar-refractivity contribution in [2.45, 2.75) is 16.8 Å². The second kappa shape index (κ2) is 4.22. The monoisotopic (exact) mass is 241 g/mol. The van der Waals surface area contributed by atoms with Crippen LogP contribution in [0.4, 0.5) is 0 Å². The number of hydrogen-bond acceptors (Lipinski definition) is 3. The number of hydrogen-bond donors (Lipinski definition) is 1. The minimum absolute atomic E-state index is 0.922. The Hall–Kier alpha value is -1.81.